The topological polar surface area (TPSA) is 42.0 Å². The van der Waals surface area contributed by atoms with Gasteiger partial charge in [0.05, 0.1) is 11.1 Å². The van der Waals surface area contributed by atoms with Crippen LogP contribution >= 0.6 is 0 Å². The molecule has 0 aliphatic heterocycles. The molecule has 3 nitrogen and oxygen atoms in total. The van der Waals surface area contributed by atoms with Crippen LogP contribution in [0.25, 0.3) is 11.1 Å². The zero-order valence-electron chi connectivity index (χ0n) is 13.9. The van der Waals surface area contributed by atoms with E-state index in [0.717, 1.165) is 18.2 Å². The van der Waals surface area contributed by atoms with Gasteiger partial charge in [-0.15, -0.1) is 0 Å². The van der Waals surface area contributed by atoms with Gasteiger partial charge in [0.25, 0.3) is 5.91 Å². The van der Waals surface area contributed by atoms with Crippen LogP contribution in [0.15, 0.2) is 67.0 Å². The summed E-state index contributed by atoms with van der Waals surface area (Å²) in [5.41, 5.74) is 0.425. The molecule has 1 N–H and O–H groups in total. The van der Waals surface area contributed by atoms with Gasteiger partial charge in [0.1, 0.15) is 5.82 Å². The molecule has 1 amide bonds. The van der Waals surface area contributed by atoms with E-state index < -0.39 is 23.5 Å². The van der Waals surface area contributed by atoms with E-state index in [2.05, 4.69) is 10.3 Å². The van der Waals surface area contributed by atoms with Gasteiger partial charge in [-0.25, -0.2) is 4.39 Å². The van der Waals surface area contributed by atoms with E-state index in [9.17, 15) is 22.4 Å². The van der Waals surface area contributed by atoms with Crippen molar-refractivity contribution in [1.29, 1.82) is 0 Å². The van der Waals surface area contributed by atoms with Crippen molar-refractivity contribution in [3.8, 4) is 11.1 Å². The molecule has 0 aliphatic rings. The summed E-state index contributed by atoms with van der Waals surface area (Å²) in [5.74, 6) is -0.969. The van der Waals surface area contributed by atoms with E-state index >= 15 is 0 Å². The second-order valence-corrected chi connectivity index (χ2v) is 5.80. The minimum Gasteiger partial charge on any atom is -0.348 e. The van der Waals surface area contributed by atoms with Gasteiger partial charge in [0.2, 0.25) is 0 Å². The number of hydrogen-bond donors (Lipinski definition) is 1. The lowest BCUT2D eigenvalue weighted by Gasteiger charge is -2.15. The maximum absolute atomic E-state index is 13.6. The van der Waals surface area contributed by atoms with Crippen LogP contribution in [-0.4, -0.2) is 10.9 Å². The number of halogens is 4. The Morgan fingerprint density at radius 2 is 1.85 bits per heavy atom. The van der Waals surface area contributed by atoms with Crippen LogP contribution in [0.2, 0.25) is 0 Å². The van der Waals surface area contributed by atoms with Crippen LogP contribution < -0.4 is 5.32 Å². The number of amides is 1. The molecule has 1 heterocycles. The SMILES string of the molecule is O=C(NCc1ccc(C(F)(F)F)cc1-c1cccc(F)c1)c1cccnc1. The Morgan fingerprint density at radius 1 is 1.04 bits per heavy atom. The first-order valence-electron chi connectivity index (χ1n) is 7.99. The van der Waals surface area contributed by atoms with Crippen molar-refractivity contribution in [2.45, 2.75) is 12.7 Å². The average Bonchev–Trinajstić information content (AvgIpc) is 2.66. The fourth-order valence-corrected chi connectivity index (χ4v) is 2.61. The van der Waals surface area contributed by atoms with Crippen LogP contribution in [0.5, 0.6) is 0 Å². The molecule has 0 atom stereocenters. The summed E-state index contributed by atoms with van der Waals surface area (Å²) in [5, 5.41) is 2.64. The number of nitrogens with one attached hydrogen (secondary N) is 1. The van der Waals surface area contributed by atoms with Gasteiger partial charge in [-0.2, -0.15) is 13.2 Å². The van der Waals surface area contributed by atoms with Gasteiger partial charge in [-0.3, -0.25) is 9.78 Å². The molecule has 2 aromatic carbocycles. The van der Waals surface area contributed by atoms with E-state index in [0.29, 0.717) is 16.7 Å². The van der Waals surface area contributed by atoms with Crippen molar-refractivity contribution < 1.29 is 22.4 Å². The minimum absolute atomic E-state index is 0.0162. The Bertz CT molecular complexity index is 956. The summed E-state index contributed by atoms with van der Waals surface area (Å²) < 4.78 is 52.8. The number of carbonyl (C=O) groups is 1. The molecule has 0 aliphatic carbocycles. The molecule has 0 bridgehead atoms. The molecule has 138 valence electrons. The molecule has 3 rings (SSSR count). The molecule has 0 unspecified atom stereocenters. The van der Waals surface area contributed by atoms with E-state index in [1.54, 1.807) is 12.1 Å². The number of aromatic nitrogens is 1. The lowest BCUT2D eigenvalue weighted by molar-refractivity contribution is -0.137. The maximum atomic E-state index is 13.6. The van der Waals surface area contributed by atoms with E-state index in [-0.39, 0.29) is 12.1 Å². The van der Waals surface area contributed by atoms with Gasteiger partial charge in [-0.05, 0) is 53.1 Å². The van der Waals surface area contributed by atoms with Crippen LogP contribution in [0.4, 0.5) is 17.6 Å². The monoisotopic (exact) mass is 374 g/mol. The first-order chi connectivity index (χ1) is 12.8. The Kier molecular flexibility index (Phi) is 5.21. The number of carbonyl (C=O) groups excluding carboxylic acids is 1. The Morgan fingerprint density at radius 3 is 2.52 bits per heavy atom. The van der Waals surface area contributed by atoms with Gasteiger partial charge >= 0.3 is 6.18 Å². The smallest absolute Gasteiger partial charge is 0.348 e. The van der Waals surface area contributed by atoms with E-state index in [1.807, 2.05) is 0 Å². The lowest BCUT2D eigenvalue weighted by atomic mass is 9.96. The maximum Gasteiger partial charge on any atom is 0.416 e. The van der Waals surface area contributed by atoms with Gasteiger partial charge in [0, 0.05) is 18.9 Å². The Hall–Kier alpha value is -3.22. The summed E-state index contributed by atoms with van der Waals surface area (Å²) in [6.45, 7) is -0.0162. The summed E-state index contributed by atoms with van der Waals surface area (Å²) in [7, 11) is 0. The summed E-state index contributed by atoms with van der Waals surface area (Å²) >= 11 is 0. The van der Waals surface area contributed by atoms with Crippen LogP contribution in [-0.2, 0) is 12.7 Å². The first-order valence-corrected chi connectivity index (χ1v) is 7.99. The third-order valence-corrected chi connectivity index (χ3v) is 3.94. The molecular formula is C20H14F4N2O. The number of hydrogen-bond acceptors (Lipinski definition) is 2. The number of benzene rings is 2. The third kappa shape index (κ3) is 4.49. The standard InChI is InChI=1S/C20H14F4N2O/c21-17-5-1-3-13(9-17)18-10-16(20(22,23)24)7-6-14(18)12-26-19(27)15-4-2-8-25-11-15/h1-11H,12H2,(H,26,27). The van der Waals surface area contributed by atoms with E-state index in [4.69, 9.17) is 0 Å². The van der Waals surface area contributed by atoms with Crippen molar-refractivity contribution >= 4 is 5.91 Å². The van der Waals surface area contributed by atoms with Crippen molar-refractivity contribution in [2.24, 2.45) is 0 Å². The number of alkyl halides is 3. The number of rotatable bonds is 4. The summed E-state index contributed by atoms with van der Waals surface area (Å²) in [4.78, 5) is 16.0. The molecule has 1 aromatic heterocycles. The van der Waals surface area contributed by atoms with Crippen LogP contribution in [0.3, 0.4) is 0 Å². The normalized spacial score (nSPS) is 11.3. The highest BCUT2D eigenvalue weighted by Crippen LogP contribution is 2.34. The zero-order valence-corrected chi connectivity index (χ0v) is 13.9. The Labute approximate surface area is 152 Å². The quantitative estimate of drug-likeness (QED) is 0.664. The predicted octanol–water partition coefficient (Wildman–Crippen LogP) is 4.84. The lowest BCUT2D eigenvalue weighted by Crippen LogP contribution is -2.23. The average molecular weight is 374 g/mol. The first kappa shape index (κ1) is 18.6. The zero-order chi connectivity index (χ0) is 19.4. The second-order valence-electron chi connectivity index (χ2n) is 5.80. The Balaban J connectivity index is 1.93. The van der Waals surface area contributed by atoms with Gasteiger partial charge in [0.15, 0.2) is 0 Å². The van der Waals surface area contributed by atoms with E-state index in [1.165, 1.54) is 36.7 Å². The van der Waals surface area contributed by atoms with Crippen LogP contribution in [0, 0.1) is 5.82 Å². The predicted molar refractivity (Wildman–Crippen MR) is 92.2 cm³/mol. The number of pyridine rings is 1. The fraction of sp³-hybridized carbons (Fsp3) is 0.100. The third-order valence-electron chi connectivity index (χ3n) is 3.94. The highest BCUT2D eigenvalue weighted by molar-refractivity contribution is 5.93. The van der Waals surface area contributed by atoms with Crippen molar-refractivity contribution in [3.63, 3.8) is 0 Å². The molecule has 0 saturated heterocycles. The molecule has 0 fully saturated rings. The minimum atomic E-state index is -4.53. The molecule has 0 saturated carbocycles. The molecular weight excluding hydrogens is 360 g/mol. The molecule has 0 radical (unpaired) electrons. The molecule has 3 aromatic rings. The van der Waals surface area contributed by atoms with Gasteiger partial charge in [-0.1, -0.05) is 18.2 Å². The summed E-state index contributed by atoms with van der Waals surface area (Å²) in [6.07, 6.45) is -1.62. The van der Waals surface area contributed by atoms with Crippen LogP contribution in [0.1, 0.15) is 21.5 Å². The highest BCUT2D eigenvalue weighted by atomic mass is 19.4. The van der Waals surface area contributed by atoms with Crippen molar-refractivity contribution in [3.05, 3.63) is 89.5 Å². The van der Waals surface area contributed by atoms with Crippen molar-refractivity contribution in [1.82, 2.24) is 10.3 Å². The molecule has 0 spiro atoms. The fourth-order valence-electron chi connectivity index (χ4n) is 2.61. The molecule has 27 heavy (non-hydrogen) atoms. The van der Waals surface area contributed by atoms with Gasteiger partial charge < -0.3 is 5.32 Å². The second kappa shape index (κ2) is 7.57. The highest BCUT2D eigenvalue weighted by Gasteiger charge is 2.31. The number of nitrogens with zero attached hydrogens (tertiary/aromatic N) is 1. The molecule has 7 heteroatoms. The van der Waals surface area contributed by atoms with Crippen molar-refractivity contribution in [2.75, 3.05) is 0 Å². The largest absolute Gasteiger partial charge is 0.416 e. The summed E-state index contributed by atoms with van der Waals surface area (Å²) in [6, 6.07) is 11.7.